The van der Waals surface area contributed by atoms with Gasteiger partial charge in [-0.25, -0.2) is 0 Å². The van der Waals surface area contributed by atoms with Crippen molar-refractivity contribution in [3.8, 4) is 11.5 Å². The summed E-state index contributed by atoms with van der Waals surface area (Å²) in [4.78, 5) is 0. The Morgan fingerprint density at radius 2 is 1.65 bits per heavy atom. The van der Waals surface area contributed by atoms with Crippen molar-refractivity contribution in [3.05, 3.63) is 35.9 Å². The fraction of sp³-hybridized carbons (Fsp3) is 0.500. The van der Waals surface area contributed by atoms with E-state index in [0.29, 0.717) is 0 Å². The normalized spacial score (nSPS) is 10.9. The minimum absolute atomic E-state index is 0.806. The number of alkyl halides is 1. The van der Waals surface area contributed by atoms with Crippen LogP contribution in [0.2, 0.25) is 0 Å². The van der Waals surface area contributed by atoms with E-state index in [1.54, 1.807) is 7.11 Å². The Morgan fingerprint density at radius 1 is 0.913 bits per heavy atom. The number of hydrogen-bond acceptors (Lipinski definition) is 2. The van der Waals surface area contributed by atoms with Crippen molar-refractivity contribution in [2.45, 2.75) is 45.4 Å². The van der Waals surface area contributed by atoms with Gasteiger partial charge >= 0.3 is 0 Å². The van der Waals surface area contributed by atoms with E-state index >= 15 is 0 Å². The second-order valence-electron chi connectivity index (χ2n) is 5.93. The Morgan fingerprint density at radius 3 is 2.39 bits per heavy atom. The summed E-state index contributed by atoms with van der Waals surface area (Å²) in [6.07, 6.45) is 7.66. The summed E-state index contributed by atoms with van der Waals surface area (Å²) in [7, 11) is 1.70. The first-order valence-electron chi connectivity index (χ1n) is 8.52. The van der Waals surface area contributed by atoms with Crippen LogP contribution in [0.15, 0.2) is 30.3 Å². The highest BCUT2D eigenvalue weighted by atomic mass is 79.9. The molecule has 2 aromatic rings. The van der Waals surface area contributed by atoms with Crippen molar-refractivity contribution in [3.63, 3.8) is 0 Å². The third kappa shape index (κ3) is 5.42. The second-order valence-corrected chi connectivity index (χ2v) is 6.73. The maximum absolute atomic E-state index is 5.99. The zero-order valence-electron chi connectivity index (χ0n) is 14.2. The summed E-state index contributed by atoms with van der Waals surface area (Å²) >= 11 is 3.47. The van der Waals surface area contributed by atoms with E-state index in [1.807, 2.05) is 6.07 Å². The molecule has 0 amide bonds. The van der Waals surface area contributed by atoms with Crippen molar-refractivity contribution in [2.24, 2.45) is 0 Å². The maximum Gasteiger partial charge on any atom is 0.122 e. The number of hydrogen-bond donors (Lipinski definition) is 0. The molecular weight excluding hydrogens is 352 g/mol. The fourth-order valence-electron chi connectivity index (χ4n) is 2.81. The minimum Gasteiger partial charge on any atom is -0.497 e. The molecule has 0 saturated carbocycles. The number of benzene rings is 2. The molecular formula is C20H27BrO2. The lowest BCUT2D eigenvalue weighted by molar-refractivity contribution is 0.303. The Labute approximate surface area is 148 Å². The van der Waals surface area contributed by atoms with Crippen LogP contribution in [0, 0.1) is 6.92 Å². The van der Waals surface area contributed by atoms with Crippen LogP contribution in [-0.2, 0) is 0 Å². The zero-order chi connectivity index (χ0) is 16.5. The molecule has 0 aliphatic carbocycles. The van der Waals surface area contributed by atoms with Gasteiger partial charge in [0.25, 0.3) is 0 Å². The molecule has 0 unspecified atom stereocenters. The van der Waals surface area contributed by atoms with E-state index in [9.17, 15) is 0 Å². The van der Waals surface area contributed by atoms with Crippen molar-refractivity contribution < 1.29 is 9.47 Å². The summed E-state index contributed by atoms with van der Waals surface area (Å²) in [6.45, 7) is 2.94. The van der Waals surface area contributed by atoms with E-state index < -0.39 is 0 Å². The molecule has 2 nitrogen and oxygen atoms in total. The first-order valence-corrected chi connectivity index (χ1v) is 9.64. The molecule has 23 heavy (non-hydrogen) atoms. The zero-order valence-corrected chi connectivity index (χ0v) is 15.8. The van der Waals surface area contributed by atoms with Crippen molar-refractivity contribution in [2.75, 3.05) is 19.0 Å². The van der Waals surface area contributed by atoms with Crippen LogP contribution in [-0.4, -0.2) is 19.0 Å². The Balaban J connectivity index is 1.83. The lowest BCUT2D eigenvalue weighted by Gasteiger charge is -2.12. The standard InChI is InChI=1S/C20H27BrO2/c1-16-19-11-10-18(22-2)15-17(19)9-12-20(16)23-14-8-6-4-3-5-7-13-21/h9-12,15H,3-8,13-14H2,1-2H3. The van der Waals surface area contributed by atoms with Gasteiger partial charge in [0.05, 0.1) is 13.7 Å². The van der Waals surface area contributed by atoms with E-state index in [1.165, 1.54) is 48.4 Å². The number of unbranched alkanes of at least 4 members (excludes halogenated alkanes) is 5. The second kappa shape index (κ2) is 9.82. The highest BCUT2D eigenvalue weighted by Gasteiger charge is 2.05. The highest BCUT2D eigenvalue weighted by molar-refractivity contribution is 9.09. The van der Waals surface area contributed by atoms with E-state index in [4.69, 9.17) is 9.47 Å². The first-order chi connectivity index (χ1) is 11.3. The van der Waals surface area contributed by atoms with Crippen LogP contribution < -0.4 is 9.47 Å². The van der Waals surface area contributed by atoms with E-state index in [-0.39, 0.29) is 0 Å². The summed E-state index contributed by atoms with van der Waals surface area (Å²) in [5, 5.41) is 3.56. The van der Waals surface area contributed by atoms with Crippen LogP contribution >= 0.6 is 15.9 Å². The third-order valence-electron chi connectivity index (χ3n) is 4.23. The smallest absolute Gasteiger partial charge is 0.122 e. The summed E-state index contributed by atoms with van der Waals surface area (Å²) in [5.74, 6) is 1.90. The Hall–Kier alpha value is -1.22. The molecule has 0 aliphatic rings. The SMILES string of the molecule is COc1ccc2c(C)c(OCCCCCCCCBr)ccc2c1. The van der Waals surface area contributed by atoms with Gasteiger partial charge in [0, 0.05) is 5.33 Å². The van der Waals surface area contributed by atoms with Gasteiger partial charge in [0.15, 0.2) is 0 Å². The van der Waals surface area contributed by atoms with Crippen LogP contribution in [0.1, 0.15) is 44.1 Å². The number of aryl methyl sites for hydroxylation is 1. The third-order valence-corrected chi connectivity index (χ3v) is 4.79. The summed E-state index contributed by atoms with van der Waals surface area (Å²) in [6, 6.07) is 10.4. The van der Waals surface area contributed by atoms with Gasteiger partial charge in [0.1, 0.15) is 11.5 Å². The van der Waals surface area contributed by atoms with Gasteiger partial charge in [-0.15, -0.1) is 0 Å². The molecule has 3 heteroatoms. The molecule has 0 radical (unpaired) electrons. The predicted molar refractivity (Wildman–Crippen MR) is 102 cm³/mol. The van der Waals surface area contributed by atoms with Crippen molar-refractivity contribution >= 4 is 26.7 Å². The van der Waals surface area contributed by atoms with Crippen LogP contribution in [0.3, 0.4) is 0 Å². The summed E-state index contributed by atoms with van der Waals surface area (Å²) in [5.41, 5.74) is 1.21. The highest BCUT2D eigenvalue weighted by Crippen LogP contribution is 2.29. The predicted octanol–water partition coefficient (Wildman–Crippen LogP) is 6.27. The Bertz CT molecular complexity index is 610. The molecule has 0 bridgehead atoms. The molecule has 0 N–H and O–H groups in total. The molecule has 0 saturated heterocycles. The monoisotopic (exact) mass is 378 g/mol. The molecule has 2 rings (SSSR count). The maximum atomic E-state index is 5.99. The number of fused-ring (bicyclic) bond motifs is 1. The molecule has 126 valence electrons. The molecule has 0 aliphatic heterocycles. The summed E-state index contributed by atoms with van der Waals surface area (Å²) < 4.78 is 11.3. The van der Waals surface area contributed by atoms with Crippen LogP contribution in [0.5, 0.6) is 11.5 Å². The molecule has 0 atom stereocenters. The fourth-order valence-corrected chi connectivity index (χ4v) is 3.21. The van der Waals surface area contributed by atoms with Crippen LogP contribution in [0.25, 0.3) is 10.8 Å². The number of ether oxygens (including phenoxy) is 2. The van der Waals surface area contributed by atoms with Gasteiger partial charge in [-0.3, -0.25) is 0 Å². The molecule has 0 fully saturated rings. The van der Waals surface area contributed by atoms with Crippen LogP contribution in [0.4, 0.5) is 0 Å². The lowest BCUT2D eigenvalue weighted by atomic mass is 10.0. The molecule has 0 heterocycles. The van der Waals surface area contributed by atoms with Gasteiger partial charge in [-0.2, -0.15) is 0 Å². The quantitative estimate of drug-likeness (QED) is 0.358. The molecule has 0 aromatic heterocycles. The van der Waals surface area contributed by atoms with Gasteiger partial charge in [-0.05, 0) is 54.3 Å². The Kier molecular flexibility index (Phi) is 7.73. The number of rotatable bonds is 10. The largest absolute Gasteiger partial charge is 0.497 e. The van der Waals surface area contributed by atoms with Gasteiger partial charge < -0.3 is 9.47 Å². The average Bonchev–Trinajstić information content (AvgIpc) is 2.58. The van der Waals surface area contributed by atoms with Crippen molar-refractivity contribution in [1.29, 1.82) is 0 Å². The van der Waals surface area contributed by atoms with Gasteiger partial charge in [0.2, 0.25) is 0 Å². The number of methoxy groups -OCH3 is 1. The van der Waals surface area contributed by atoms with E-state index in [0.717, 1.165) is 29.9 Å². The average molecular weight is 379 g/mol. The van der Waals surface area contributed by atoms with Crippen molar-refractivity contribution in [1.82, 2.24) is 0 Å². The molecule has 2 aromatic carbocycles. The topological polar surface area (TPSA) is 18.5 Å². The van der Waals surface area contributed by atoms with E-state index in [2.05, 4.69) is 47.1 Å². The molecule has 0 spiro atoms. The van der Waals surface area contributed by atoms with Gasteiger partial charge in [-0.1, -0.05) is 53.7 Å². The lowest BCUT2D eigenvalue weighted by Crippen LogP contribution is -1.99. The number of halogens is 1. The minimum atomic E-state index is 0.806. The first kappa shape index (κ1) is 18.1.